The average Bonchev–Trinajstić information content (AvgIpc) is 3.23. The third-order valence-corrected chi connectivity index (χ3v) is 5.13. The number of amides is 2. The van der Waals surface area contributed by atoms with Gasteiger partial charge < -0.3 is 0 Å². The number of benzene rings is 2. The Labute approximate surface area is 222 Å². The quantitative estimate of drug-likeness (QED) is 0.243. The van der Waals surface area contributed by atoms with Crippen LogP contribution in [0.15, 0.2) is 48.5 Å². The first kappa shape index (κ1) is 35.6. The van der Waals surface area contributed by atoms with Crippen LogP contribution in [0.25, 0.3) is 0 Å². The summed E-state index contributed by atoms with van der Waals surface area (Å²) in [5.74, 6) is 3.97. The lowest BCUT2D eigenvalue weighted by Crippen LogP contribution is -2.36. The molecule has 196 valence electrons. The minimum absolute atomic E-state index is 0.00460. The predicted molar refractivity (Wildman–Crippen MR) is 155 cm³/mol. The van der Waals surface area contributed by atoms with Gasteiger partial charge in [0.25, 0.3) is 11.8 Å². The zero-order valence-corrected chi connectivity index (χ0v) is 23.6. The lowest BCUT2D eigenvalue weighted by Gasteiger charge is -2.13. The summed E-state index contributed by atoms with van der Waals surface area (Å²) in [7, 11) is 10.2. The number of rotatable bonds is 6. The summed E-state index contributed by atoms with van der Waals surface area (Å²) in [4.78, 5) is 23.8. The number of nitrogens with one attached hydrogen (secondary N) is 2. The van der Waals surface area contributed by atoms with E-state index in [4.69, 9.17) is 15.7 Å². The Kier molecular flexibility index (Phi) is 21.4. The molecule has 0 aromatic heterocycles. The molecule has 3 rings (SSSR count). The predicted octanol–water partition coefficient (Wildman–Crippen LogP) is 4.33. The normalized spacial score (nSPS) is 13.6. The van der Waals surface area contributed by atoms with Crippen LogP contribution < -0.4 is 16.7 Å². The molecule has 1 fully saturated rings. The molecule has 1 saturated heterocycles. The Morgan fingerprint density at radius 2 is 1.39 bits per heavy atom. The third kappa shape index (κ3) is 11.4. The molecule has 2 aromatic rings. The van der Waals surface area contributed by atoms with Crippen molar-refractivity contribution in [1.29, 1.82) is 0 Å². The van der Waals surface area contributed by atoms with Crippen LogP contribution in [0.3, 0.4) is 0 Å². The lowest BCUT2D eigenvalue weighted by molar-refractivity contribution is -0.129. The van der Waals surface area contributed by atoms with Crippen LogP contribution in [0.4, 0.5) is 0 Å². The average molecular weight is 492 g/mol. The molecule has 2 aromatic carbocycles. The number of hydrogen-bond donors (Lipinski definition) is 3. The van der Waals surface area contributed by atoms with Crippen molar-refractivity contribution in [2.24, 2.45) is 5.84 Å². The largest absolute Gasteiger partial charge is 0.272 e. The molecule has 0 bridgehead atoms. The Hall–Kier alpha value is -2.57. The summed E-state index contributed by atoms with van der Waals surface area (Å²) >= 11 is 0. The fourth-order valence-corrected chi connectivity index (χ4v) is 3.49. The molecular formula is C28H46B2N4O2. The van der Waals surface area contributed by atoms with Gasteiger partial charge in [-0.25, -0.2) is 0 Å². The van der Waals surface area contributed by atoms with E-state index >= 15 is 0 Å². The van der Waals surface area contributed by atoms with E-state index in [1.807, 2.05) is 58.9 Å². The van der Waals surface area contributed by atoms with Gasteiger partial charge in [-0.1, -0.05) is 104 Å². The van der Waals surface area contributed by atoms with E-state index in [0.29, 0.717) is 12.4 Å². The molecule has 4 radical (unpaired) electrons. The molecule has 6 nitrogen and oxygen atoms in total. The minimum atomic E-state index is -0.755. The van der Waals surface area contributed by atoms with Gasteiger partial charge in [-0.05, 0) is 47.5 Å². The van der Waals surface area contributed by atoms with Gasteiger partial charge in [-0.3, -0.25) is 31.3 Å². The van der Waals surface area contributed by atoms with Crippen LogP contribution >= 0.6 is 0 Å². The Morgan fingerprint density at radius 3 is 1.78 bits per heavy atom. The van der Waals surface area contributed by atoms with Crippen LogP contribution in [0.5, 0.6) is 0 Å². The van der Waals surface area contributed by atoms with E-state index in [1.165, 1.54) is 11.1 Å². The second-order valence-corrected chi connectivity index (χ2v) is 7.53. The molecule has 0 aliphatic carbocycles. The summed E-state index contributed by atoms with van der Waals surface area (Å²) < 4.78 is 0. The maximum atomic E-state index is 12.0. The number of carbonyl (C=O) groups is 2. The second-order valence-electron chi connectivity index (χ2n) is 7.53. The van der Waals surface area contributed by atoms with Crippen molar-refractivity contribution in [3.05, 3.63) is 70.8 Å². The molecule has 36 heavy (non-hydrogen) atoms. The fraction of sp³-hybridized carbons (Fsp3) is 0.500. The highest BCUT2D eigenvalue weighted by atomic mass is 16.2. The summed E-state index contributed by atoms with van der Waals surface area (Å²) in [6.07, 6.45) is 2.28. The summed E-state index contributed by atoms with van der Waals surface area (Å²) in [6, 6.07) is 16.2. The number of hydrogen-bond acceptors (Lipinski definition) is 4. The number of carbonyl (C=O) groups excluding carboxylic acids is 2. The molecule has 4 N–H and O–H groups in total. The van der Waals surface area contributed by atoms with Crippen molar-refractivity contribution < 1.29 is 9.59 Å². The number of nitrogens with zero attached hydrogens (tertiary/aromatic N) is 1. The van der Waals surface area contributed by atoms with Crippen LogP contribution in [-0.4, -0.2) is 45.4 Å². The molecule has 8 heteroatoms. The Balaban J connectivity index is 0. The van der Waals surface area contributed by atoms with Gasteiger partial charge in [0, 0.05) is 6.44 Å². The minimum Gasteiger partial charge on any atom is -0.272 e. The van der Waals surface area contributed by atoms with Gasteiger partial charge in [0.05, 0.1) is 15.7 Å². The first-order valence-corrected chi connectivity index (χ1v) is 13.0. The van der Waals surface area contributed by atoms with E-state index < -0.39 is 5.92 Å². The number of hydrazine groups is 2. The zero-order valence-electron chi connectivity index (χ0n) is 23.6. The van der Waals surface area contributed by atoms with E-state index in [-0.39, 0.29) is 18.3 Å². The maximum absolute atomic E-state index is 12.0. The van der Waals surface area contributed by atoms with Crippen LogP contribution in [0, 0.1) is 0 Å². The van der Waals surface area contributed by atoms with Gasteiger partial charge in [0.2, 0.25) is 0 Å². The molecule has 1 heterocycles. The molecule has 1 aliphatic rings. The highest BCUT2D eigenvalue weighted by Gasteiger charge is 2.40. The third-order valence-electron chi connectivity index (χ3n) is 5.13. The van der Waals surface area contributed by atoms with Gasteiger partial charge in [-0.15, -0.1) is 0 Å². The topological polar surface area (TPSA) is 87.5 Å². The van der Waals surface area contributed by atoms with Crippen molar-refractivity contribution in [3.63, 3.8) is 0 Å². The van der Waals surface area contributed by atoms with Gasteiger partial charge in [-0.2, -0.15) is 0 Å². The standard InChI is InChI=1S/C12H13BN2O2.C11H16.2C2H6.CH5BN2/c1-2-8-5-3-4-6-9(8)10-11(16)14-15(7-13)12(10)17;1-4-10-7-5-6-8-11(10)9(2)3;2*1-2;2-1-4-3/h3-6,10H,2,7H2,1H3,(H,14,16);5-9H,4H2,1-3H3;2*1-2H3;4H,1,3H2. The van der Waals surface area contributed by atoms with E-state index in [1.54, 1.807) is 0 Å². The molecule has 1 aliphatic heterocycles. The molecule has 0 saturated carbocycles. The van der Waals surface area contributed by atoms with E-state index in [2.05, 4.69) is 61.7 Å². The molecular weight excluding hydrogens is 446 g/mol. The number of nitrogens with two attached hydrogens (primary N) is 1. The van der Waals surface area contributed by atoms with Crippen LogP contribution in [-0.2, 0) is 22.4 Å². The van der Waals surface area contributed by atoms with Crippen molar-refractivity contribution in [3.8, 4) is 0 Å². The monoisotopic (exact) mass is 492 g/mol. The Morgan fingerprint density at radius 1 is 0.917 bits per heavy atom. The molecule has 2 amide bonds. The van der Waals surface area contributed by atoms with Gasteiger partial charge >= 0.3 is 0 Å². The second kappa shape index (κ2) is 21.7. The SMILES string of the molecule is CC.CC.CCc1ccccc1C(C)C.[B]CN1NC(=O)C(c2ccccc2CC)C1=O.[B]CNN. The van der Waals surface area contributed by atoms with Crippen LogP contribution in [0.2, 0.25) is 0 Å². The van der Waals surface area contributed by atoms with Crippen LogP contribution in [0.1, 0.15) is 89.5 Å². The van der Waals surface area contributed by atoms with Crippen molar-refractivity contribution >= 4 is 27.5 Å². The highest BCUT2D eigenvalue weighted by Crippen LogP contribution is 2.26. The lowest BCUT2D eigenvalue weighted by atomic mass is 9.92. The van der Waals surface area contributed by atoms with E-state index in [0.717, 1.165) is 29.0 Å². The fourth-order valence-electron chi connectivity index (χ4n) is 3.49. The van der Waals surface area contributed by atoms with Gasteiger partial charge in [0.15, 0.2) is 0 Å². The van der Waals surface area contributed by atoms with Gasteiger partial charge in [0.1, 0.15) is 5.92 Å². The Bertz CT molecular complexity index is 861. The van der Waals surface area contributed by atoms with E-state index in [9.17, 15) is 9.59 Å². The van der Waals surface area contributed by atoms with Crippen molar-refractivity contribution in [1.82, 2.24) is 15.9 Å². The first-order valence-electron chi connectivity index (χ1n) is 13.0. The molecule has 1 atom stereocenters. The smallest absolute Gasteiger partial charge is 0.257 e. The highest BCUT2D eigenvalue weighted by molar-refractivity contribution is 6.15. The molecule has 1 unspecified atom stereocenters. The zero-order chi connectivity index (χ0) is 28.1. The molecule has 0 spiro atoms. The summed E-state index contributed by atoms with van der Waals surface area (Å²) in [5, 5.41) is 1.15. The number of aryl methyl sites for hydroxylation is 2. The first-order chi connectivity index (χ1) is 17.4. The van der Waals surface area contributed by atoms with Crippen molar-refractivity contribution in [2.45, 2.75) is 80.1 Å². The van der Waals surface area contributed by atoms with Crippen molar-refractivity contribution in [2.75, 3.05) is 12.9 Å². The summed E-state index contributed by atoms with van der Waals surface area (Å²) in [5.41, 5.74) is 9.45. The maximum Gasteiger partial charge on any atom is 0.257 e. The summed E-state index contributed by atoms with van der Waals surface area (Å²) in [6.45, 7) is 16.7.